The van der Waals surface area contributed by atoms with Gasteiger partial charge in [-0.3, -0.25) is 9.59 Å². The molecule has 2 amide bonds. The van der Waals surface area contributed by atoms with Crippen molar-refractivity contribution in [1.29, 1.82) is 0 Å². The van der Waals surface area contributed by atoms with Gasteiger partial charge in [0.1, 0.15) is 0 Å². The molecule has 104 valence electrons. The van der Waals surface area contributed by atoms with E-state index in [1.807, 2.05) is 0 Å². The highest BCUT2D eigenvalue weighted by atomic mass is 35.5. The summed E-state index contributed by atoms with van der Waals surface area (Å²) in [5.74, 6) is -0.821. The van der Waals surface area contributed by atoms with Crippen LogP contribution in [0.1, 0.15) is 12.8 Å². The lowest BCUT2D eigenvalue weighted by atomic mass is 10.3. The van der Waals surface area contributed by atoms with E-state index in [2.05, 4.69) is 15.0 Å². The van der Waals surface area contributed by atoms with Crippen LogP contribution in [-0.4, -0.2) is 39.9 Å². The first kappa shape index (κ1) is 15.4. The number of primary amides is 2. The predicted molar refractivity (Wildman–Crippen MR) is 69.7 cm³/mol. The molecular formula is C9H12Cl2N6O2. The van der Waals surface area contributed by atoms with Gasteiger partial charge in [-0.1, -0.05) is 0 Å². The molecule has 0 aliphatic carbocycles. The number of halogens is 2. The van der Waals surface area contributed by atoms with Gasteiger partial charge in [-0.25, -0.2) is 0 Å². The molecule has 1 aromatic rings. The molecule has 0 aliphatic heterocycles. The van der Waals surface area contributed by atoms with Gasteiger partial charge in [0, 0.05) is 25.9 Å². The van der Waals surface area contributed by atoms with Crippen molar-refractivity contribution in [2.45, 2.75) is 12.8 Å². The monoisotopic (exact) mass is 306 g/mol. The van der Waals surface area contributed by atoms with E-state index >= 15 is 0 Å². The van der Waals surface area contributed by atoms with Gasteiger partial charge < -0.3 is 16.4 Å². The summed E-state index contributed by atoms with van der Waals surface area (Å²) >= 11 is 11.3. The third kappa shape index (κ3) is 5.66. The Morgan fingerprint density at radius 2 is 1.37 bits per heavy atom. The van der Waals surface area contributed by atoms with E-state index in [1.165, 1.54) is 4.90 Å². The molecule has 1 aromatic heterocycles. The van der Waals surface area contributed by atoms with Crippen LogP contribution in [0.3, 0.4) is 0 Å². The van der Waals surface area contributed by atoms with Crippen molar-refractivity contribution in [3.63, 3.8) is 0 Å². The summed E-state index contributed by atoms with van der Waals surface area (Å²) in [6, 6.07) is 0. The Labute approximate surface area is 119 Å². The normalized spacial score (nSPS) is 10.2. The molecule has 10 heteroatoms. The van der Waals surface area contributed by atoms with Crippen LogP contribution in [0.2, 0.25) is 10.6 Å². The topological polar surface area (TPSA) is 128 Å². The smallest absolute Gasteiger partial charge is 0.230 e. The average Bonchev–Trinajstić information content (AvgIpc) is 2.26. The molecule has 1 heterocycles. The Bertz CT molecular complexity index is 446. The van der Waals surface area contributed by atoms with Crippen LogP contribution in [0, 0.1) is 0 Å². The number of carbonyl (C=O) groups is 2. The maximum atomic E-state index is 10.8. The first-order chi connectivity index (χ1) is 8.88. The second-order valence-electron chi connectivity index (χ2n) is 3.59. The molecule has 0 aromatic carbocycles. The number of nitrogens with zero attached hydrogens (tertiary/aromatic N) is 4. The van der Waals surface area contributed by atoms with Crippen molar-refractivity contribution < 1.29 is 9.59 Å². The number of amides is 2. The lowest BCUT2D eigenvalue weighted by Crippen LogP contribution is -2.32. The number of anilines is 1. The molecule has 1 rings (SSSR count). The van der Waals surface area contributed by atoms with Gasteiger partial charge >= 0.3 is 0 Å². The minimum absolute atomic E-state index is 0.0691. The fraction of sp³-hybridized carbons (Fsp3) is 0.444. The Kier molecular flexibility index (Phi) is 5.71. The molecule has 0 atom stereocenters. The highest BCUT2D eigenvalue weighted by molar-refractivity contribution is 6.31. The number of hydrogen-bond donors (Lipinski definition) is 2. The molecule has 0 spiro atoms. The Balaban J connectivity index is 2.86. The minimum Gasteiger partial charge on any atom is -0.370 e. The zero-order valence-electron chi connectivity index (χ0n) is 9.84. The summed E-state index contributed by atoms with van der Waals surface area (Å²) in [5.41, 5.74) is 10.1. The van der Waals surface area contributed by atoms with Gasteiger partial charge in [0.25, 0.3) is 0 Å². The van der Waals surface area contributed by atoms with Crippen LogP contribution in [0.25, 0.3) is 0 Å². The summed E-state index contributed by atoms with van der Waals surface area (Å²) in [4.78, 5) is 34.5. The van der Waals surface area contributed by atoms with Crippen LogP contribution in [0.15, 0.2) is 0 Å². The first-order valence-electron chi connectivity index (χ1n) is 5.27. The van der Waals surface area contributed by atoms with Crippen molar-refractivity contribution in [1.82, 2.24) is 15.0 Å². The van der Waals surface area contributed by atoms with Crippen molar-refractivity contribution in [3.05, 3.63) is 10.6 Å². The quantitative estimate of drug-likeness (QED) is 0.714. The van der Waals surface area contributed by atoms with Gasteiger partial charge in [-0.15, -0.1) is 0 Å². The Hall–Kier alpha value is -1.67. The Morgan fingerprint density at radius 1 is 0.947 bits per heavy atom. The zero-order chi connectivity index (χ0) is 14.4. The van der Waals surface area contributed by atoms with Crippen LogP contribution in [-0.2, 0) is 9.59 Å². The summed E-state index contributed by atoms with van der Waals surface area (Å²) in [7, 11) is 0. The number of aromatic nitrogens is 3. The van der Waals surface area contributed by atoms with Crippen molar-refractivity contribution >= 4 is 41.0 Å². The SMILES string of the molecule is NC(=O)CCN(CCC(N)=O)c1nc(Cl)nc(Cl)n1. The van der Waals surface area contributed by atoms with Crippen molar-refractivity contribution in [2.75, 3.05) is 18.0 Å². The van der Waals surface area contributed by atoms with E-state index in [0.717, 1.165) is 0 Å². The van der Waals surface area contributed by atoms with E-state index < -0.39 is 11.8 Å². The number of rotatable bonds is 7. The lowest BCUT2D eigenvalue weighted by Gasteiger charge is -2.21. The van der Waals surface area contributed by atoms with E-state index in [0.29, 0.717) is 0 Å². The molecule has 0 saturated carbocycles. The molecular weight excluding hydrogens is 295 g/mol. The fourth-order valence-corrected chi connectivity index (χ4v) is 1.61. The highest BCUT2D eigenvalue weighted by Gasteiger charge is 2.14. The average molecular weight is 307 g/mol. The number of hydrogen-bond acceptors (Lipinski definition) is 6. The van der Waals surface area contributed by atoms with Gasteiger partial charge in [-0.05, 0) is 23.2 Å². The molecule has 0 radical (unpaired) electrons. The largest absolute Gasteiger partial charge is 0.370 e. The summed E-state index contributed by atoms with van der Waals surface area (Å²) in [6.45, 7) is 0.443. The van der Waals surface area contributed by atoms with Crippen molar-refractivity contribution in [3.8, 4) is 0 Å². The van der Waals surface area contributed by atoms with Gasteiger partial charge in [0.05, 0.1) is 0 Å². The van der Waals surface area contributed by atoms with Crippen LogP contribution in [0.4, 0.5) is 5.95 Å². The van der Waals surface area contributed by atoms with E-state index in [1.54, 1.807) is 0 Å². The summed E-state index contributed by atoms with van der Waals surface area (Å²) in [5, 5.41) is -0.170. The molecule has 0 saturated heterocycles. The molecule has 0 unspecified atom stereocenters. The molecule has 8 nitrogen and oxygen atoms in total. The lowest BCUT2D eigenvalue weighted by molar-refractivity contribution is -0.118. The number of carbonyl (C=O) groups excluding carboxylic acids is 2. The maximum Gasteiger partial charge on any atom is 0.230 e. The second-order valence-corrected chi connectivity index (χ2v) is 4.27. The molecule has 0 aliphatic rings. The summed E-state index contributed by atoms with van der Waals surface area (Å²) in [6.07, 6.45) is 0.138. The minimum atomic E-state index is -0.490. The van der Waals surface area contributed by atoms with Crippen LogP contribution < -0.4 is 16.4 Å². The highest BCUT2D eigenvalue weighted by Crippen LogP contribution is 2.14. The fourth-order valence-electron chi connectivity index (χ4n) is 1.26. The number of nitrogens with two attached hydrogens (primary N) is 2. The first-order valence-corrected chi connectivity index (χ1v) is 6.02. The third-order valence-corrected chi connectivity index (χ3v) is 2.45. The van der Waals surface area contributed by atoms with Gasteiger partial charge in [-0.2, -0.15) is 15.0 Å². The second kappa shape index (κ2) is 7.05. The molecule has 19 heavy (non-hydrogen) atoms. The summed E-state index contributed by atoms with van der Waals surface area (Å²) < 4.78 is 0. The van der Waals surface area contributed by atoms with Crippen LogP contribution >= 0.6 is 23.2 Å². The molecule has 0 bridgehead atoms. The standard InChI is InChI=1S/C9H12Cl2N6O2/c10-7-14-8(11)16-9(15-7)17(3-1-5(12)18)4-2-6(13)19/h1-4H2,(H2,12,18)(H2,13,19). The van der Waals surface area contributed by atoms with E-state index in [-0.39, 0.29) is 42.4 Å². The van der Waals surface area contributed by atoms with Gasteiger partial charge in [0.15, 0.2) is 0 Å². The molecule has 0 fully saturated rings. The third-order valence-electron chi connectivity index (χ3n) is 2.11. The predicted octanol–water partition coefficient (Wildman–Crippen LogP) is -0.264. The van der Waals surface area contributed by atoms with Crippen molar-refractivity contribution in [2.24, 2.45) is 11.5 Å². The van der Waals surface area contributed by atoms with Gasteiger partial charge in [0.2, 0.25) is 28.3 Å². The van der Waals surface area contributed by atoms with Crippen LogP contribution in [0.5, 0.6) is 0 Å². The van der Waals surface area contributed by atoms with E-state index in [4.69, 9.17) is 34.7 Å². The zero-order valence-corrected chi connectivity index (χ0v) is 11.4. The Morgan fingerprint density at radius 3 is 1.74 bits per heavy atom. The van der Waals surface area contributed by atoms with E-state index in [9.17, 15) is 9.59 Å². The molecule has 4 N–H and O–H groups in total. The maximum absolute atomic E-state index is 10.8.